The molecule has 6 heteroatoms. The smallest absolute Gasteiger partial charge is 0.257 e. The second-order valence-corrected chi connectivity index (χ2v) is 6.62. The van der Waals surface area contributed by atoms with Crippen LogP contribution in [-0.2, 0) is 6.42 Å². The first-order valence-corrected chi connectivity index (χ1v) is 9.38. The molecule has 0 radical (unpaired) electrons. The lowest BCUT2D eigenvalue weighted by atomic mass is 10.1. The number of pyridine rings is 1. The fourth-order valence-corrected chi connectivity index (χ4v) is 2.93. The lowest BCUT2D eigenvalue weighted by Crippen LogP contribution is -2.13. The van der Waals surface area contributed by atoms with Gasteiger partial charge in [0.05, 0.1) is 19.8 Å². The predicted octanol–water partition coefficient (Wildman–Crippen LogP) is 4.31. The van der Waals surface area contributed by atoms with E-state index in [4.69, 9.17) is 9.47 Å². The maximum absolute atomic E-state index is 12.4. The van der Waals surface area contributed by atoms with Crippen molar-refractivity contribution in [2.45, 2.75) is 13.3 Å². The standard InChI is InChI=1S/C23H25N3O3/c1-16-5-4-6-19(13-16)26-23(27)18-8-10-22(25-15-18)24-12-11-17-7-9-20(28-2)21(14-17)29-3/h4-10,13-15H,11-12H2,1-3H3,(H,24,25)(H,26,27). The first-order valence-electron chi connectivity index (χ1n) is 9.38. The molecule has 150 valence electrons. The second kappa shape index (κ2) is 9.59. The first kappa shape index (κ1) is 20.2. The van der Waals surface area contributed by atoms with Crippen molar-refractivity contribution < 1.29 is 14.3 Å². The third-order valence-corrected chi connectivity index (χ3v) is 4.47. The Kier molecular flexibility index (Phi) is 6.68. The number of nitrogens with zero attached hydrogens (tertiary/aromatic N) is 1. The zero-order valence-corrected chi connectivity index (χ0v) is 16.9. The van der Waals surface area contributed by atoms with Crippen LogP contribution in [0.4, 0.5) is 11.5 Å². The first-order chi connectivity index (χ1) is 14.1. The molecule has 2 aromatic carbocycles. The van der Waals surface area contributed by atoms with Crippen molar-refractivity contribution >= 4 is 17.4 Å². The van der Waals surface area contributed by atoms with E-state index in [-0.39, 0.29) is 5.91 Å². The van der Waals surface area contributed by atoms with E-state index < -0.39 is 0 Å². The van der Waals surface area contributed by atoms with Crippen LogP contribution in [0.1, 0.15) is 21.5 Å². The van der Waals surface area contributed by atoms with Crippen molar-refractivity contribution in [3.8, 4) is 11.5 Å². The monoisotopic (exact) mass is 391 g/mol. The summed E-state index contributed by atoms with van der Waals surface area (Å²) in [6.07, 6.45) is 2.38. The molecule has 0 saturated carbocycles. The van der Waals surface area contributed by atoms with Gasteiger partial charge in [-0.05, 0) is 60.9 Å². The van der Waals surface area contributed by atoms with Crippen LogP contribution >= 0.6 is 0 Å². The average molecular weight is 391 g/mol. The summed E-state index contributed by atoms with van der Waals surface area (Å²) in [5.41, 5.74) is 3.50. The number of hydrogen-bond donors (Lipinski definition) is 2. The number of methoxy groups -OCH3 is 2. The summed E-state index contributed by atoms with van der Waals surface area (Å²) in [6, 6.07) is 17.1. The molecule has 3 aromatic rings. The molecule has 1 aromatic heterocycles. The van der Waals surface area contributed by atoms with Gasteiger partial charge in [0.25, 0.3) is 5.91 Å². The molecular weight excluding hydrogens is 366 g/mol. The Bertz CT molecular complexity index is 971. The number of benzene rings is 2. The second-order valence-electron chi connectivity index (χ2n) is 6.62. The number of carbonyl (C=O) groups is 1. The minimum absolute atomic E-state index is 0.181. The van der Waals surface area contributed by atoms with Crippen LogP contribution in [0.25, 0.3) is 0 Å². The molecule has 0 aliphatic rings. The van der Waals surface area contributed by atoms with E-state index in [2.05, 4.69) is 15.6 Å². The van der Waals surface area contributed by atoms with Crippen LogP contribution in [0.2, 0.25) is 0 Å². The average Bonchev–Trinajstić information content (AvgIpc) is 2.74. The van der Waals surface area contributed by atoms with Crippen molar-refractivity contribution in [1.82, 2.24) is 4.98 Å². The molecule has 0 bridgehead atoms. The normalized spacial score (nSPS) is 10.3. The van der Waals surface area contributed by atoms with Gasteiger partial charge < -0.3 is 20.1 Å². The Balaban J connectivity index is 1.53. The number of aromatic nitrogens is 1. The van der Waals surface area contributed by atoms with Gasteiger partial charge in [0.2, 0.25) is 0 Å². The molecule has 0 fully saturated rings. The molecular formula is C23H25N3O3. The number of amides is 1. The van der Waals surface area contributed by atoms with Crippen LogP contribution in [0.5, 0.6) is 11.5 Å². The van der Waals surface area contributed by atoms with E-state index >= 15 is 0 Å². The number of nitrogens with one attached hydrogen (secondary N) is 2. The Labute approximate surface area is 170 Å². The zero-order valence-electron chi connectivity index (χ0n) is 16.9. The minimum atomic E-state index is -0.181. The van der Waals surface area contributed by atoms with Gasteiger partial charge in [-0.3, -0.25) is 4.79 Å². The van der Waals surface area contributed by atoms with Gasteiger partial charge in [0.1, 0.15) is 5.82 Å². The number of carbonyl (C=O) groups excluding carboxylic acids is 1. The van der Waals surface area contributed by atoms with Crippen LogP contribution < -0.4 is 20.1 Å². The van der Waals surface area contributed by atoms with Gasteiger partial charge in [-0.25, -0.2) is 4.98 Å². The third-order valence-electron chi connectivity index (χ3n) is 4.47. The van der Waals surface area contributed by atoms with E-state index in [9.17, 15) is 4.79 Å². The summed E-state index contributed by atoms with van der Waals surface area (Å²) in [5, 5.41) is 6.15. The molecule has 0 atom stereocenters. The highest BCUT2D eigenvalue weighted by Crippen LogP contribution is 2.27. The Hall–Kier alpha value is -3.54. The number of aryl methyl sites for hydroxylation is 1. The topological polar surface area (TPSA) is 72.5 Å². The van der Waals surface area contributed by atoms with Gasteiger partial charge >= 0.3 is 0 Å². The van der Waals surface area contributed by atoms with Crippen LogP contribution in [0.15, 0.2) is 60.8 Å². The number of ether oxygens (including phenoxy) is 2. The molecule has 0 aliphatic heterocycles. The van der Waals surface area contributed by atoms with Crippen LogP contribution in [0.3, 0.4) is 0 Å². The minimum Gasteiger partial charge on any atom is -0.493 e. The largest absolute Gasteiger partial charge is 0.493 e. The summed E-state index contributed by atoms with van der Waals surface area (Å²) in [4.78, 5) is 16.7. The van der Waals surface area contributed by atoms with E-state index in [1.165, 1.54) is 0 Å². The SMILES string of the molecule is COc1ccc(CCNc2ccc(C(=O)Nc3cccc(C)c3)cn2)cc1OC. The van der Waals surface area contributed by atoms with Gasteiger partial charge in [0, 0.05) is 18.4 Å². The molecule has 1 amide bonds. The van der Waals surface area contributed by atoms with Gasteiger partial charge in [-0.15, -0.1) is 0 Å². The molecule has 0 unspecified atom stereocenters. The lowest BCUT2D eigenvalue weighted by Gasteiger charge is -2.10. The van der Waals surface area contributed by atoms with Crippen molar-refractivity contribution in [1.29, 1.82) is 0 Å². The molecule has 0 aliphatic carbocycles. The molecule has 29 heavy (non-hydrogen) atoms. The third kappa shape index (κ3) is 5.48. The van der Waals surface area contributed by atoms with Gasteiger partial charge in [0.15, 0.2) is 11.5 Å². The molecule has 6 nitrogen and oxygen atoms in total. The van der Waals surface area contributed by atoms with E-state index in [0.717, 1.165) is 29.1 Å². The Morgan fingerprint density at radius 3 is 2.52 bits per heavy atom. The lowest BCUT2D eigenvalue weighted by molar-refractivity contribution is 0.102. The van der Waals surface area contributed by atoms with Crippen molar-refractivity contribution in [2.24, 2.45) is 0 Å². The predicted molar refractivity (Wildman–Crippen MR) is 115 cm³/mol. The highest BCUT2D eigenvalue weighted by Gasteiger charge is 2.08. The van der Waals surface area contributed by atoms with Crippen molar-refractivity contribution in [3.05, 3.63) is 77.5 Å². The molecule has 0 saturated heterocycles. The summed E-state index contributed by atoms with van der Waals surface area (Å²) < 4.78 is 10.6. The van der Waals surface area contributed by atoms with E-state index in [0.29, 0.717) is 23.6 Å². The fraction of sp³-hybridized carbons (Fsp3) is 0.217. The van der Waals surface area contributed by atoms with Crippen molar-refractivity contribution in [2.75, 3.05) is 31.4 Å². The highest BCUT2D eigenvalue weighted by molar-refractivity contribution is 6.04. The van der Waals surface area contributed by atoms with Gasteiger partial charge in [-0.1, -0.05) is 18.2 Å². The number of hydrogen-bond acceptors (Lipinski definition) is 5. The van der Waals surface area contributed by atoms with Crippen molar-refractivity contribution in [3.63, 3.8) is 0 Å². The number of anilines is 2. The van der Waals surface area contributed by atoms with E-state index in [1.807, 2.05) is 49.4 Å². The molecule has 0 spiro atoms. The molecule has 2 N–H and O–H groups in total. The van der Waals surface area contributed by atoms with Crippen LogP contribution in [0, 0.1) is 6.92 Å². The maximum Gasteiger partial charge on any atom is 0.257 e. The summed E-state index contributed by atoms with van der Waals surface area (Å²) >= 11 is 0. The summed E-state index contributed by atoms with van der Waals surface area (Å²) in [7, 11) is 3.25. The maximum atomic E-state index is 12.4. The Morgan fingerprint density at radius 1 is 1.00 bits per heavy atom. The molecule has 1 heterocycles. The zero-order chi connectivity index (χ0) is 20.6. The Morgan fingerprint density at radius 2 is 1.83 bits per heavy atom. The summed E-state index contributed by atoms with van der Waals surface area (Å²) in [5.74, 6) is 1.97. The van der Waals surface area contributed by atoms with Gasteiger partial charge in [-0.2, -0.15) is 0 Å². The fourth-order valence-electron chi connectivity index (χ4n) is 2.93. The van der Waals surface area contributed by atoms with E-state index in [1.54, 1.807) is 32.5 Å². The molecule has 3 rings (SSSR count). The summed E-state index contributed by atoms with van der Waals surface area (Å²) in [6.45, 7) is 2.69. The number of rotatable bonds is 8. The quantitative estimate of drug-likeness (QED) is 0.598. The van der Waals surface area contributed by atoms with Crippen LogP contribution in [-0.4, -0.2) is 31.7 Å². The highest BCUT2D eigenvalue weighted by atomic mass is 16.5.